The lowest BCUT2D eigenvalue weighted by Gasteiger charge is -2.10. The average molecular weight is 302 g/mol. The lowest BCUT2D eigenvalue weighted by Crippen LogP contribution is -1.94. The SMILES string of the molecule is CSc1ccc2nccc(Nc3cc(F)cc(F)c3)c2c1. The highest BCUT2D eigenvalue weighted by Crippen LogP contribution is 2.29. The maximum atomic E-state index is 13.3. The molecule has 0 amide bonds. The second-order valence-electron chi connectivity index (χ2n) is 4.52. The third-order valence-electron chi connectivity index (χ3n) is 3.09. The molecule has 21 heavy (non-hydrogen) atoms. The maximum Gasteiger partial charge on any atom is 0.128 e. The molecule has 0 atom stereocenters. The topological polar surface area (TPSA) is 24.9 Å². The molecule has 0 spiro atoms. The van der Waals surface area contributed by atoms with Crippen LogP contribution in [0.5, 0.6) is 0 Å². The van der Waals surface area contributed by atoms with Gasteiger partial charge in [-0.25, -0.2) is 8.78 Å². The van der Waals surface area contributed by atoms with Crippen LogP contribution in [0.3, 0.4) is 0 Å². The number of nitrogens with one attached hydrogen (secondary N) is 1. The van der Waals surface area contributed by atoms with Crippen molar-refractivity contribution in [1.29, 1.82) is 0 Å². The molecule has 1 heterocycles. The first kappa shape index (κ1) is 13.8. The van der Waals surface area contributed by atoms with E-state index in [9.17, 15) is 8.78 Å². The summed E-state index contributed by atoms with van der Waals surface area (Å²) in [5.74, 6) is -1.22. The number of aromatic nitrogens is 1. The van der Waals surface area contributed by atoms with Crippen molar-refractivity contribution in [2.24, 2.45) is 0 Å². The van der Waals surface area contributed by atoms with Gasteiger partial charge in [-0.15, -0.1) is 11.8 Å². The van der Waals surface area contributed by atoms with Crippen molar-refractivity contribution in [2.45, 2.75) is 4.90 Å². The number of pyridine rings is 1. The first-order chi connectivity index (χ1) is 10.2. The van der Waals surface area contributed by atoms with Crippen LogP contribution in [0, 0.1) is 11.6 Å². The Morgan fingerprint density at radius 3 is 2.48 bits per heavy atom. The van der Waals surface area contributed by atoms with E-state index in [1.54, 1.807) is 24.0 Å². The molecule has 3 rings (SSSR count). The van der Waals surface area contributed by atoms with Crippen LogP contribution in [0.15, 0.2) is 53.6 Å². The van der Waals surface area contributed by atoms with Gasteiger partial charge in [0.05, 0.1) is 5.52 Å². The minimum atomic E-state index is -0.610. The number of thioether (sulfide) groups is 1. The van der Waals surface area contributed by atoms with Crippen molar-refractivity contribution in [2.75, 3.05) is 11.6 Å². The van der Waals surface area contributed by atoms with Crippen molar-refractivity contribution < 1.29 is 8.78 Å². The molecule has 0 fully saturated rings. The van der Waals surface area contributed by atoms with Gasteiger partial charge < -0.3 is 5.32 Å². The number of halogens is 2. The van der Waals surface area contributed by atoms with Crippen molar-refractivity contribution in [3.8, 4) is 0 Å². The normalized spacial score (nSPS) is 10.8. The maximum absolute atomic E-state index is 13.3. The molecule has 0 radical (unpaired) electrons. The summed E-state index contributed by atoms with van der Waals surface area (Å²) >= 11 is 1.63. The number of hydrogen-bond acceptors (Lipinski definition) is 3. The van der Waals surface area contributed by atoms with Gasteiger partial charge in [0.15, 0.2) is 0 Å². The molecule has 0 bridgehead atoms. The summed E-state index contributed by atoms with van der Waals surface area (Å²) in [7, 11) is 0. The van der Waals surface area contributed by atoms with Crippen molar-refractivity contribution in [3.05, 3.63) is 60.3 Å². The molecule has 2 aromatic carbocycles. The summed E-state index contributed by atoms with van der Waals surface area (Å²) in [6, 6.07) is 11.1. The fraction of sp³-hybridized carbons (Fsp3) is 0.0625. The van der Waals surface area contributed by atoms with E-state index in [2.05, 4.69) is 10.3 Å². The van der Waals surface area contributed by atoms with Gasteiger partial charge >= 0.3 is 0 Å². The third-order valence-corrected chi connectivity index (χ3v) is 3.82. The molecule has 0 saturated heterocycles. The predicted octanol–water partition coefficient (Wildman–Crippen LogP) is 4.98. The highest BCUT2D eigenvalue weighted by atomic mass is 32.2. The zero-order valence-electron chi connectivity index (χ0n) is 11.2. The van der Waals surface area contributed by atoms with Crippen molar-refractivity contribution >= 4 is 34.0 Å². The van der Waals surface area contributed by atoms with E-state index < -0.39 is 11.6 Å². The molecule has 3 aromatic rings. The number of hydrogen-bond donors (Lipinski definition) is 1. The zero-order valence-corrected chi connectivity index (χ0v) is 12.0. The van der Waals surface area contributed by atoms with Gasteiger partial charge in [0.1, 0.15) is 11.6 Å². The smallest absolute Gasteiger partial charge is 0.128 e. The molecule has 1 N–H and O–H groups in total. The minimum Gasteiger partial charge on any atom is -0.355 e. The minimum absolute atomic E-state index is 0.370. The third kappa shape index (κ3) is 2.97. The average Bonchev–Trinajstić information content (AvgIpc) is 2.46. The lowest BCUT2D eigenvalue weighted by molar-refractivity contribution is 0.584. The van der Waals surface area contributed by atoms with Crippen LogP contribution >= 0.6 is 11.8 Å². The van der Waals surface area contributed by atoms with E-state index in [1.807, 2.05) is 24.5 Å². The van der Waals surface area contributed by atoms with Gasteiger partial charge in [0.25, 0.3) is 0 Å². The Bertz CT molecular complexity index is 785. The van der Waals surface area contributed by atoms with Gasteiger partial charge in [-0.2, -0.15) is 0 Å². The summed E-state index contributed by atoms with van der Waals surface area (Å²) in [5.41, 5.74) is 1.96. The Balaban J connectivity index is 2.07. The number of anilines is 2. The second kappa shape index (κ2) is 5.69. The van der Waals surface area contributed by atoms with E-state index in [0.717, 1.165) is 27.6 Å². The number of fused-ring (bicyclic) bond motifs is 1. The number of benzene rings is 2. The first-order valence-electron chi connectivity index (χ1n) is 6.31. The fourth-order valence-electron chi connectivity index (χ4n) is 2.14. The fourth-order valence-corrected chi connectivity index (χ4v) is 2.58. The van der Waals surface area contributed by atoms with E-state index >= 15 is 0 Å². The molecule has 2 nitrogen and oxygen atoms in total. The molecule has 0 saturated carbocycles. The quantitative estimate of drug-likeness (QED) is 0.691. The van der Waals surface area contributed by atoms with Crippen LogP contribution in [-0.2, 0) is 0 Å². The van der Waals surface area contributed by atoms with Crippen molar-refractivity contribution in [1.82, 2.24) is 4.98 Å². The zero-order chi connectivity index (χ0) is 14.8. The van der Waals surface area contributed by atoms with E-state index in [-0.39, 0.29) is 0 Å². The summed E-state index contributed by atoms with van der Waals surface area (Å²) in [5, 5.41) is 3.96. The van der Waals surface area contributed by atoms with Gasteiger partial charge in [-0.05, 0) is 42.7 Å². The summed E-state index contributed by atoms with van der Waals surface area (Å²) in [6.45, 7) is 0. The van der Waals surface area contributed by atoms with Gasteiger partial charge in [0.2, 0.25) is 0 Å². The molecule has 106 valence electrons. The van der Waals surface area contributed by atoms with E-state index in [0.29, 0.717) is 5.69 Å². The summed E-state index contributed by atoms with van der Waals surface area (Å²) in [4.78, 5) is 5.40. The van der Waals surface area contributed by atoms with Crippen LogP contribution in [0.4, 0.5) is 20.2 Å². The Hall–Kier alpha value is -2.14. The molecule has 5 heteroatoms. The largest absolute Gasteiger partial charge is 0.355 e. The highest BCUT2D eigenvalue weighted by Gasteiger charge is 2.06. The van der Waals surface area contributed by atoms with Crippen LogP contribution in [-0.4, -0.2) is 11.2 Å². The molecule has 1 aromatic heterocycles. The number of nitrogens with zero attached hydrogens (tertiary/aromatic N) is 1. The second-order valence-corrected chi connectivity index (χ2v) is 5.40. The molecule has 0 aliphatic carbocycles. The summed E-state index contributed by atoms with van der Waals surface area (Å²) < 4.78 is 26.5. The van der Waals surface area contributed by atoms with Crippen molar-refractivity contribution in [3.63, 3.8) is 0 Å². The molecular weight excluding hydrogens is 290 g/mol. The number of rotatable bonds is 3. The Labute approximate surface area is 125 Å². The van der Waals surface area contributed by atoms with E-state index in [1.165, 1.54) is 12.1 Å². The van der Waals surface area contributed by atoms with Gasteiger partial charge in [-0.3, -0.25) is 4.98 Å². The molecule has 0 unspecified atom stereocenters. The van der Waals surface area contributed by atoms with E-state index in [4.69, 9.17) is 0 Å². The van der Waals surface area contributed by atoms with Crippen LogP contribution in [0.1, 0.15) is 0 Å². The van der Waals surface area contributed by atoms with Gasteiger partial charge in [0, 0.05) is 33.9 Å². The standard InChI is InChI=1S/C16H12F2N2S/c1-21-13-2-3-15-14(9-13)16(4-5-19-15)20-12-7-10(17)6-11(18)8-12/h2-9H,1H3,(H,19,20). The van der Waals surface area contributed by atoms with Gasteiger partial charge in [-0.1, -0.05) is 0 Å². The molecule has 0 aliphatic rings. The molecule has 0 aliphatic heterocycles. The van der Waals surface area contributed by atoms with Crippen LogP contribution in [0.25, 0.3) is 10.9 Å². The first-order valence-corrected chi connectivity index (χ1v) is 7.54. The Morgan fingerprint density at radius 1 is 1.00 bits per heavy atom. The Kier molecular flexibility index (Phi) is 3.75. The monoisotopic (exact) mass is 302 g/mol. The predicted molar refractivity (Wildman–Crippen MR) is 83.2 cm³/mol. The lowest BCUT2D eigenvalue weighted by atomic mass is 10.2. The van der Waals surface area contributed by atoms with Crippen LogP contribution in [0.2, 0.25) is 0 Å². The Morgan fingerprint density at radius 2 is 1.76 bits per heavy atom. The van der Waals surface area contributed by atoms with Crippen LogP contribution < -0.4 is 5.32 Å². The molecular formula is C16H12F2N2S. The highest BCUT2D eigenvalue weighted by molar-refractivity contribution is 7.98. The summed E-state index contributed by atoms with van der Waals surface area (Å²) in [6.07, 6.45) is 3.66.